The number of methoxy groups -OCH3 is 1. The monoisotopic (exact) mass is 270 g/mol. The van der Waals surface area contributed by atoms with E-state index in [1.807, 2.05) is 18.2 Å². The third kappa shape index (κ3) is 2.32. The van der Waals surface area contributed by atoms with E-state index in [-0.39, 0.29) is 12.4 Å². The molecule has 4 nitrogen and oxygen atoms in total. The van der Waals surface area contributed by atoms with Crippen LogP contribution in [0.1, 0.15) is 10.4 Å². The number of benzene rings is 2. The van der Waals surface area contributed by atoms with Gasteiger partial charge in [0.15, 0.2) is 17.6 Å². The van der Waals surface area contributed by atoms with Crippen LogP contribution in [0.3, 0.4) is 0 Å². The van der Waals surface area contributed by atoms with Crippen LogP contribution in [0, 0.1) is 0 Å². The largest absolute Gasteiger partial charge is 0.497 e. The number of para-hydroxylation sites is 2. The summed E-state index contributed by atoms with van der Waals surface area (Å²) in [6.07, 6.45) is -0.628. The van der Waals surface area contributed by atoms with Crippen molar-refractivity contribution >= 4 is 5.78 Å². The highest BCUT2D eigenvalue weighted by atomic mass is 16.6. The van der Waals surface area contributed by atoms with Crippen molar-refractivity contribution in [2.45, 2.75) is 6.10 Å². The molecule has 1 aliphatic heterocycles. The predicted octanol–water partition coefficient (Wildman–Crippen LogP) is 2.72. The molecule has 1 aliphatic rings. The summed E-state index contributed by atoms with van der Waals surface area (Å²) in [6, 6.07) is 14.4. The van der Waals surface area contributed by atoms with Crippen LogP contribution in [0.4, 0.5) is 0 Å². The van der Waals surface area contributed by atoms with Crippen molar-refractivity contribution in [1.82, 2.24) is 0 Å². The lowest BCUT2D eigenvalue weighted by Gasteiger charge is -2.25. The van der Waals surface area contributed by atoms with Gasteiger partial charge in [-0.05, 0) is 24.3 Å². The van der Waals surface area contributed by atoms with Crippen LogP contribution in [-0.2, 0) is 0 Å². The van der Waals surface area contributed by atoms with E-state index in [0.717, 1.165) is 0 Å². The van der Waals surface area contributed by atoms with Crippen LogP contribution in [0.2, 0.25) is 0 Å². The maximum atomic E-state index is 12.4. The Morgan fingerprint density at radius 1 is 1.15 bits per heavy atom. The highest BCUT2D eigenvalue weighted by molar-refractivity contribution is 6.00. The number of carbonyl (C=O) groups is 1. The molecule has 0 saturated carbocycles. The molecule has 0 saturated heterocycles. The molecule has 1 unspecified atom stereocenters. The Balaban J connectivity index is 1.82. The molecule has 2 aromatic rings. The lowest BCUT2D eigenvalue weighted by molar-refractivity contribution is 0.0585. The molecule has 0 aliphatic carbocycles. The second-order valence-corrected chi connectivity index (χ2v) is 4.46. The lowest BCUT2D eigenvalue weighted by atomic mass is 10.1. The molecular weight excluding hydrogens is 256 g/mol. The highest BCUT2D eigenvalue weighted by Gasteiger charge is 2.28. The molecule has 0 bridgehead atoms. The number of rotatable bonds is 3. The van der Waals surface area contributed by atoms with Crippen molar-refractivity contribution in [3.05, 3.63) is 54.1 Å². The van der Waals surface area contributed by atoms with Crippen LogP contribution in [0.25, 0.3) is 0 Å². The molecular formula is C16H14O4. The van der Waals surface area contributed by atoms with Crippen LogP contribution >= 0.6 is 0 Å². The van der Waals surface area contributed by atoms with Gasteiger partial charge >= 0.3 is 0 Å². The summed E-state index contributed by atoms with van der Waals surface area (Å²) >= 11 is 0. The van der Waals surface area contributed by atoms with E-state index in [1.165, 1.54) is 0 Å². The number of hydrogen-bond donors (Lipinski definition) is 0. The molecule has 0 amide bonds. The van der Waals surface area contributed by atoms with Crippen molar-refractivity contribution in [1.29, 1.82) is 0 Å². The third-order valence-corrected chi connectivity index (χ3v) is 3.16. The van der Waals surface area contributed by atoms with Crippen molar-refractivity contribution in [2.24, 2.45) is 0 Å². The van der Waals surface area contributed by atoms with Gasteiger partial charge in [0.2, 0.25) is 5.78 Å². The Bertz CT molecular complexity index is 636. The molecule has 1 atom stereocenters. The normalized spacial score (nSPS) is 16.6. The standard InChI is InChI=1S/C16H14O4/c1-18-12-6-4-5-11(9-12)16(17)15-10-19-13-7-2-3-8-14(13)20-15/h2-9,15H,10H2,1H3. The van der Waals surface area contributed by atoms with Gasteiger partial charge in [0.1, 0.15) is 12.4 Å². The Labute approximate surface area is 116 Å². The second-order valence-electron chi connectivity index (χ2n) is 4.46. The van der Waals surface area contributed by atoms with Gasteiger partial charge in [-0.15, -0.1) is 0 Å². The summed E-state index contributed by atoms with van der Waals surface area (Å²) in [7, 11) is 1.57. The van der Waals surface area contributed by atoms with Gasteiger partial charge in [0, 0.05) is 5.56 Å². The van der Waals surface area contributed by atoms with E-state index < -0.39 is 6.10 Å². The summed E-state index contributed by atoms with van der Waals surface area (Å²) in [5.41, 5.74) is 0.553. The van der Waals surface area contributed by atoms with Crippen molar-refractivity contribution < 1.29 is 19.0 Å². The Hall–Kier alpha value is -2.49. The SMILES string of the molecule is COc1cccc(C(=O)C2COc3ccccc3O2)c1. The van der Waals surface area contributed by atoms with Gasteiger partial charge in [0.05, 0.1) is 7.11 Å². The van der Waals surface area contributed by atoms with Crippen molar-refractivity contribution in [3.63, 3.8) is 0 Å². The number of ketones is 1. The fourth-order valence-corrected chi connectivity index (χ4v) is 2.11. The molecule has 20 heavy (non-hydrogen) atoms. The summed E-state index contributed by atoms with van der Waals surface area (Å²) in [5, 5.41) is 0. The molecule has 102 valence electrons. The molecule has 2 aromatic carbocycles. The topological polar surface area (TPSA) is 44.8 Å². The minimum absolute atomic E-state index is 0.113. The first-order valence-electron chi connectivity index (χ1n) is 6.34. The average Bonchev–Trinajstić information content (AvgIpc) is 2.53. The zero-order valence-electron chi connectivity index (χ0n) is 11.0. The van der Waals surface area contributed by atoms with Crippen LogP contribution in [0.15, 0.2) is 48.5 Å². The first kappa shape index (κ1) is 12.5. The number of Topliss-reactive ketones (excluding diaryl/α,β-unsaturated/α-hetero) is 1. The minimum atomic E-state index is -0.628. The van der Waals surface area contributed by atoms with Gasteiger partial charge in [0.25, 0.3) is 0 Å². The number of ether oxygens (including phenoxy) is 3. The van der Waals surface area contributed by atoms with Gasteiger partial charge < -0.3 is 14.2 Å². The highest BCUT2D eigenvalue weighted by Crippen LogP contribution is 2.31. The maximum Gasteiger partial charge on any atom is 0.207 e. The number of fused-ring (bicyclic) bond motifs is 1. The van der Waals surface area contributed by atoms with Crippen molar-refractivity contribution in [3.8, 4) is 17.2 Å². The second kappa shape index (κ2) is 5.25. The lowest BCUT2D eigenvalue weighted by Crippen LogP contribution is -2.36. The molecule has 0 aromatic heterocycles. The average molecular weight is 270 g/mol. The van der Waals surface area contributed by atoms with E-state index in [4.69, 9.17) is 14.2 Å². The number of carbonyl (C=O) groups excluding carboxylic acids is 1. The molecule has 0 spiro atoms. The van der Waals surface area contributed by atoms with Gasteiger partial charge in [-0.25, -0.2) is 0 Å². The van der Waals surface area contributed by atoms with Crippen LogP contribution < -0.4 is 14.2 Å². The van der Waals surface area contributed by atoms with Crippen LogP contribution in [0.5, 0.6) is 17.2 Å². The Morgan fingerprint density at radius 2 is 1.95 bits per heavy atom. The van der Waals surface area contributed by atoms with E-state index in [9.17, 15) is 4.79 Å². The molecule has 0 radical (unpaired) electrons. The predicted molar refractivity (Wildman–Crippen MR) is 73.7 cm³/mol. The summed E-state index contributed by atoms with van der Waals surface area (Å²) in [5.74, 6) is 1.80. The van der Waals surface area contributed by atoms with Crippen LogP contribution in [-0.4, -0.2) is 25.6 Å². The first-order valence-corrected chi connectivity index (χ1v) is 6.34. The zero-order chi connectivity index (χ0) is 13.9. The fraction of sp³-hybridized carbons (Fsp3) is 0.188. The van der Waals surface area contributed by atoms with Crippen molar-refractivity contribution in [2.75, 3.05) is 13.7 Å². The molecule has 3 rings (SSSR count). The van der Waals surface area contributed by atoms with Gasteiger partial charge in [-0.3, -0.25) is 4.79 Å². The first-order chi connectivity index (χ1) is 9.78. The molecule has 0 fully saturated rings. The zero-order valence-corrected chi connectivity index (χ0v) is 11.0. The third-order valence-electron chi connectivity index (χ3n) is 3.16. The van der Waals surface area contributed by atoms with E-state index in [0.29, 0.717) is 22.8 Å². The van der Waals surface area contributed by atoms with Gasteiger partial charge in [-0.2, -0.15) is 0 Å². The summed E-state index contributed by atoms with van der Waals surface area (Å²) in [6.45, 7) is 0.215. The Kier molecular flexibility index (Phi) is 3.29. The minimum Gasteiger partial charge on any atom is -0.497 e. The maximum absolute atomic E-state index is 12.4. The summed E-state index contributed by atoms with van der Waals surface area (Å²) in [4.78, 5) is 12.4. The van der Waals surface area contributed by atoms with E-state index in [1.54, 1.807) is 37.4 Å². The van der Waals surface area contributed by atoms with E-state index in [2.05, 4.69) is 0 Å². The smallest absolute Gasteiger partial charge is 0.207 e. The van der Waals surface area contributed by atoms with Gasteiger partial charge in [-0.1, -0.05) is 24.3 Å². The molecule has 1 heterocycles. The molecule has 0 N–H and O–H groups in total. The van der Waals surface area contributed by atoms with E-state index >= 15 is 0 Å². The fourth-order valence-electron chi connectivity index (χ4n) is 2.11. The number of hydrogen-bond acceptors (Lipinski definition) is 4. The molecule has 4 heteroatoms. The quantitative estimate of drug-likeness (QED) is 0.804. The summed E-state index contributed by atoms with van der Waals surface area (Å²) < 4.78 is 16.4. The Morgan fingerprint density at radius 3 is 2.75 bits per heavy atom.